The first-order chi connectivity index (χ1) is 12.1. The van der Waals surface area contributed by atoms with Crippen molar-refractivity contribution in [2.45, 2.75) is 13.3 Å². The quantitative estimate of drug-likeness (QED) is 0.471. The molecule has 1 fully saturated rings. The summed E-state index contributed by atoms with van der Waals surface area (Å²) < 4.78 is 4.98. The number of methoxy groups -OCH3 is 1. The molecule has 1 saturated heterocycles. The normalized spacial score (nSPS) is 15.0. The molecule has 0 aliphatic carbocycles. The minimum atomic E-state index is 0.111. The number of thiocarbonyl (C=S) groups is 1. The molecule has 1 amide bonds. The van der Waals surface area contributed by atoms with E-state index in [9.17, 15) is 4.79 Å². The van der Waals surface area contributed by atoms with E-state index in [1.165, 1.54) is 10.5 Å². The Kier molecular flexibility index (Phi) is 8.11. The molecule has 0 unspecified atom stereocenters. The van der Waals surface area contributed by atoms with Crippen molar-refractivity contribution in [3.8, 4) is 0 Å². The lowest BCUT2D eigenvalue weighted by molar-refractivity contribution is -0.895. The van der Waals surface area contributed by atoms with E-state index in [2.05, 4.69) is 34.6 Å². The molecular formula is C18H29N4O2S+. The number of piperazine rings is 1. The first kappa shape index (κ1) is 19.6. The van der Waals surface area contributed by atoms with Crippen LogP contribution in [0.2, 0.25) is 0 Å². The summed E-state index contributed by atoms with van der Waals surface area (Å²) in [6.07, 6.45) is 0.851. The number of nitrogens with zero attached hydrogens (tertiary/aromatic N) is 1. The number of aryl methyl sites for hydroxylation is 1. The van der Waals surface area contributed by atoms with Crippen LogP contribution in [0.15, 0.2) is 24.3 Å². The molecule has 0 bridgehead atoms. The maximum absolute atomic E-state index is 11.9. The van der Waals surface area contributed by atoms with Gasteiger partial charge < -0.3 is 25.2 Å². The van der Waals surface area contributed by atoms with E-state index >= 15 is 0 Å². The number of anilines is 1. The number of benzene rings is 1. The zero-order valence-electron chi connectivity index (χ0n) is 15.1. The lowest BCUT2D eigenvalue weighted by atomic mass is 10.2. The molecule has 1 heterocycles. The molecule has 1 aliphatic rings. The summed E-state index contributed by atoms with van der Waals surface area (Å²) in [7, 11) is 1.67. The van der Waals surface area contributed by atoms with E-state index in [1.807, 2.05) is 12.1 Å². The fourth-order valence-electron chi connectivity index (χ4n) is 2.78. The minimum absolute atomic E-state index is 0.111. The second-order valence-corrected chi connectivity index (χ2v) is 6.79. The number of ether oxygens (including phenoxy) is 1. The molecule has 25 heavy (non-hydrogen) atoms. The summed E-state index contributed by atoms with van der Waals surface area (Å²) >= 11 is 5.51. The molecule has 7 heteroatoms. The summed E-state index contributed by atoms with van der Waals surface area (Å²) in [5.41, 5.74) is 2.25. The maximum atomic E-state index is 11.9. The monoisotopic (exact) mass is 365 g/mol. The van der Waals surface area contributed by atoms with Crippen LogP contribution in [0.5, 0.6) is 0 Å². The highest BCUT2D eigenvalue weighted by Crippen LogP contribution is 2.09. The summed E-state index contributed by atoms with van der Waals surface area (Å²) in [5.74, 6) is 0.111. The number of carbonyl (C=O) groups is 1. The third kappa shape index (κ3) is 6.97. The van der Waals surface area contributed by atoms with Gasteiger partial charge in [-0.3, -0.25) is 4.79 Å². The van der Waals surface area contributed by atoms with E-state index in [-0.39, 0.29) is 5.91 Å². The van der Waals surface area contributed by atoms with E-state index in [0.29, 0.717) is 19.7 Å². The van der Waals surface area contributed by atoms with Crippen molar-refractivity contribution in [2.75, 3.05) is 58.3 Å². The number of amides is 1. The van der Waals surface area contributed by atoms with E-state index in [4.69, 9.17) is 17.0 Å². The predicted octanol–water partition coefficient (Wildman–Crippen LogP) is 0.0450. The highest BCUT2D eigenvalue weighted by molar-refractivity contribution is 7.80. The summed E-state index contributed by atoms with van der Waals surface area (Å²) in [5, 5.41) is 6.99. The Morgan fingerprint density at radius 2 is 1.96 bits per heavy atom. The average molecular weight is 366 g/mol. The van der Waals surface area contributed by atoms with Crippen LogP contribution in [0, 0.1) is 6.92 Å². The van der Waals surface area contributed by atoms with E-state index in [1.54, 1.807) is 7.11 Å². The molecule has 1 aromatic carbocycles. The zero-order chi connectivity index (χ0) is 18.1. The van der Waals surface area contributed by atoms with Crippen LogP contribution < -0.4 is 15.5 Å². The van der Waals surface area contributed by atoms with Gasteiger partial charge in [-0.1, -0.05) is 17.7 Å². The fraction of sp³-hybridized carbons (Fsp3) is 0.556. The van der Waals surface area contributed by atoms with Crippen LogP contribution in [0.1, 0.15) is 12.0 Å². The van der Waals surface area contributed by atoms with Gasteiger partial charge in [0.1, 0.15) is 0 Å². The summed E-state index contributed by atoms with van der Waals surface area (Å²) in [6, 6.07) is 8.21. The summed E-state index contributed by atoms with van der Waals surface area (Å²) in [4.78, 5) is 15.4. The Bertz CT molecular complexity index is 557. The average Bonchev–Trinajstić information content (AvgIpc) is 2.61. The van der Waals surface area contributed by atoms with Crippen molar-refractivity contribution in [2.24, 2.45) is 0 Å². The van der Waals surface area contributed by atoms with Gasteiger partial charge in [0.15, 0.2) is 11.7 Å². The standard InChI is InChI=1S/C18H28N4O2S/c1-15-4-6-16(7-5-15)20-18(25)22-11-9-21(10-12-22)14-17(23)19-8-3-13-24-2/h4-7H,3,8-14H2,1-2H3,(H,19,23)(H,20,25)/p+1. The van der Waals surface area contributed by atoms with Crippen LogP contribution >= 0.6 is 12.2 Å². The lowest BCUT2D eigenvalue weighted by Gasteiger charge is -2.33. The molecule has 0 aromatic heterocycles. The van der Waals surface area contributed by atoms with E-state index in [0.717, 1.165) is 43.4 Å². The van der Waals surface area contributed by atoms with Crippen LogP contribution in [-0.4, -0.2) is 68.9 Å². The zero-order valence-corrected chi connectivity index (χ0v) is 16.0. The molecule has 138 valence electrons. The molecule has 3 N–H and O–H groups in total. The molecule has 2 rings (SSSR count). The van der Waals surface area contributed by atoms with Gasteiger partial charge >= 0.3 is 0 Å². The number of nitrogens with one attached hydrogen (secondary N) is 3. The minimum Gasteiger partial charge on any atom is -0.385 e. The highest BCUT2D eigenvalue weighted by atomic mass is 32.1. The molecule has 6 nitrogen and oxygen atoms in total. The van der Waals surface area contributed by atoms with Crippen molar-refractivity contribution < 1.29 is 14.4 Å². The van der Waals surface area contributed by atoms with Gasteiger partial charge in [-0.2, -0.15) is 0 Å². The topological polar surface area (TPSA) is 58.0 Å². The molecule has 1 aromatic rings. The second kappa shape index (κ2) is 10.3. The Morgan fingerprint density at radius 1 is 1.28 bits per heavy atom. The summed E-state index contributed by atoms with van der Waals surface area (Å²) in [6.45, 7) is 7.51. The Morgan fingerprint density at radius 3 is 2.60 bits per heavy atom. The fourth-order valence-corrected chi connectivity index (χ4v) is 3.08. The third-order valence-corrected chi connectivity index (χ3v) is 4.68. The van der Waals surface area contributed by atoms with Crippen molar-refractivity contribution >= 4 is 28.9 Å². The predicted molar refractivity (Wildman–Crippen MR) is 104 cm³/mol. The van der Waals surface area contributed by atoms with Crippen LogP contribution in [0.25, 0.3) is 0 Å². The first-order valence-corrected chi connectivity index (χ1v) is 9.21. The SMILES string of the molecule is COCCCNC(=O)C[NH+]1CCN(C(=S)Nc2ccc(C)cc2)CC1. The molecule has 0 saturated carbocycles. The maximum Gasteiger partial charge on any atom is 0.275 e. The first-order valence-electron chi connectivity index (χ1n) is 8.80. The van der Waals surface area contributed by atoms with Gasteiger partial charge in [-0.05, 0) is 37.7 Å². The number of rotatable bonds is 7. The Hall–Kier alpha value is -1.70. The van der Waals surface area contributed by atoms with Gasteiger partial charge in [0, 0.05) is 25.9 Å². The van der Waals surface area contributed by atoms with Gasteiger partial charge in [-0.25, -0.2) is 0 Å². The Balaban J connectivity index is 1.67. The molecule has 0 spiro atoms. The number of hydrogen-bond donors (Lipinski definition) is 3. The van der Waals surface area contributed by atoms with Crippen molar-refractivity contribution in [3.63, 3.8) is 0 Å². The second-order valence-electron chi connectivity index (χ2n) is 6.41. The van der Waals surface area contributed by atoms with Gasteiger partial charge in [0.2, 0.25) is 0 Å². The number of hydrogen-bond acceptors (Lipinski definition) is 3. The molecule has 1 aliphatic heterocycles. The van der Waals surface area contributed by atoms with Gasteiger partial charge in [0.25, 0.3) is 5.91 Å². The van der Waals surface area contributed by atoms with Crippen LogP contribution in [0.4, 0.5) is 5.69 Å². The van der Waals surface area contributed by atoms with Gasteiger partial charge in [0.05, 0.1) is 26.2 Å². The Labute approximate surface area is 155 Å². The van der Waals surface area contributed by atoms with Crippen LogP contribution in [0.3, 0.4) is 0 Å². The third-order valence-electron chi connectivity index (χ3n) is 4.32. The van der Waals surface area contributed by atoms with Crippen LogP contribution in [-0.2, 0) is 9.53 Å². The number of quaternary nitrogens is 1. The van der Waals surface area contributed by atoms with Crippen molar-refractivity contribution in [3.05, 3.63) is 29.8 Å². The van der Waals surface area contributed by atoms with Crippen molar-refractivity contribution in [1.82, 2.24) is 10.2 Å². The molecule has 0 atom stereocenters. The van der Waals surface area contributed by atoms with Gasteiger partial charge in [-0.15, -0.1) is 0 Å². The smallest absolute Gasteiger partial charge is 0.275 e. The van der Waals surface area contributed by atoms with Crippen molar-refractivity contribution in [1.29, 1.82) is 0 Å². The van der Waals surface area contributed by atoms with E-state index < -0.39 is 0 Å². The number of carbonyl (C=O) groups excluding carboxylic acids is 1. The largest absolute Gasteiger partial charge is 0.385 e. The lowest BCUT2D eigenvalue weighted by Crippen LogP contribution is -3.15. The molecule has 0 radical (unpaired) electrons. The highest BCUT2D eigenvalue weighted by Gasteiger charge is 2.23. The molecular weight excluding hydrogens is 336 g/mol.